The molecule has 0 saturated carbocycles. The molecule has 0 aromatic heterocycles. The molecule has 1 atom stereocenters. The van der Waals surface area contributed by atoms with E-state index in [2.05, 4.69) is 26.1 Å². The molecule has 0 aliphatic carbocycles. The number of nitrogens with one attached hydrogen (secondary N) is 1. The van der Waals surface area contributed by atoms with E-state index in [1.807, 2.05) is 0 Å². The topological polar surface area (TPSA) is 38.3 Å². The van der Waals surface area contributed by atoms with E-state index in [4.69, 9.17) is 4.74 Å². The Bertz CT molecular complexity index is 160. The Morgan fingerprint density at radius 2 is 2.00 bits per heavy atom. The summed E-state index contributed by atoms with van der Waals surface area (Å²) in [5.41, 5.74) is 0. The summed E-state index contributed by atoms with van der Waals surface area (Å²) in [6.45, 7) is 7.23. The fourth-order valence-electron chi connectivity index (χ4n) is 1.17. The molecular formula is C12H25NO2. The van der Waals surface area contributed by atoms with Gasteiger partial charge in [0.15, 0.2) is 0 Å². The van der Waals surface area contributed by atoms with Crippen molar-refractivity contribution >= 4 is 5.97 Å². The molecule has 3 heteroatoms. The predicted octanol–water partition coefficient (Wildman–Crippen LogP) is 2.50. The largest absolute Gasteiger partial charge is 0.465 e. The van der Waals surface area contributed by atoms with Crippen LogP contribution in [0.3, 0.4) is 0 Å². The third kappa shape index (κ3) is 9.73. The number of hydrogen-bond donors (Lipinski definition) is 1. The summed E-state index contributed by atoms with van der Waals surface area (Å²) >= 11 is 0. The molecule has 1 unspecified atom stereocenters. The van der Waals surface area contributed by atoms with Crippen LogP contribution in [0.2, 0.25) is 0 Å². The van der Waals surface area contributed by atoms with Crippen molar-refractivity contribution < 1.29 is 9.53 Å². The van der Waals surface area contributed by atoms with E-state index in [0.29, 0.717) is 19.2 Å². The van der Waals surface area contributed by atoms with Crippen LogP contribution in [0.1, 0.15) is 52.9 Å². The molecule has 0 heterocycles. The van der Waals surface area contributed by atoms with Crippen LogP contribution in [0, 0.1) is 0 Å². The van der Waals surface area contributed by atoms with Crippen LogP contribution in [0.4, 0.5) is 0 Å². The molecule has 0 amide bonds. The van der Waals surface area contributed by atoms with Crippen LogP contribution in [0.5, 0.6) is 0 Å². The van der Waals surface area contributed by atoms with Gasteiger partial charge >= 0.3 is 5.97 Å². The van der Waals surface area contributed by atoms with Crippen molar-refractivity contribution in [2.75, 3.05) is 13.2 Å². The number of ether oxygens (including phenoxy) is 1. The van der Waals surface area contributed by atoms with E-state index < -0.39 is 0 Å². The molecule has 0 aromatic carbocycles. The maximum absolute atomic E-state index is 11.2. The van der Waals surface area contributed by atoms with Gasteiger partial charge in [-0.1, -0.05) is 33.1 Å². The average Bonchev–Trinajstić information content (AvgIpc) is 2.25. The van der Waals surface area contributed by atoms with Crippen LogP contribution in [0.15, 0.2) is 0 Å². The van der Waals surface area contributed by atoms with Crippen molar-refractivity contribution in [3.63, 3.8) is 0 Å². The van der Waals surface area contributed by atoms with Crippen molar-refractivity contribution in [1.82, 2.24) is 5.32 Å². The molecule has 90 valence electrons. The number of carbonyl (C=O) groups is 1. The smallest absolute Gasteiger partial charge is 0.319 e. The Kier molecular flexibility index (Phi) is 9.59. The van der Waals surface area contributed by atoms with E-state index in [1.54, 1.807) is 0 Å². The fraction of sp³-hybridized carbons (Fsp3) is 0.917. The molecule has 0 rings (SSSR count). The first-order valence-corrected chi connectivity index (χ1v) is 6.09. The average molecular weight is 215 g/mol. The molecule has 1 N–H and O–H groups in total. The minimum atomic E-state index is -0.133. The minimum absolute atomic E-state index is 0.133. The normalized spacial score (nSPS) is 12.5. The lowest BCUT2D eigenvalue weighted by molar-refractivity contribution is -0.142. The summed E-state index contributed by atoms with van der Waals surface area (Å²) in [6.07, 6.45) is 5.61. The Morgan fingerprint density at radius 3 is 2.60 bits per heavy atom. The highest BCUT2D eigenvalue weighted by Gasteiger charge is 2.04. The lowest BCUT2D eigenvalue weighted by Gasteiger charge is -2.10. The Balaban J connectivity index is 3.26. The van der Waals surface area contributed by atoms with Crippen molar-refractivity contribution in [2.24, 2.45) is 0 Å². The molecule has 0 radical (unpaired) electrons. The lowest BCUT2D eigenvalue weighted by Crippen LogP contribution is -2.32. The molecule has 0 aromatic rings. The molecule has 3 nitrogen and oxygen atoms in total. The zero-order valence-electron chi connectivity index (χ0n) is 10.3. The van der Waals surface area contributed by atoms with E-state index in [1.165, 1.54) is 12.8 Å². The maximum atomic E-state index is 11.2. The van der Waals surface area contributed by atoms with E-state index in [9.17, 15) is 4.79 Å². The van der Waals surface area contributed by atoms with Crippen LogP contribution in [0.25, 0.3) is 0 Å². The van der Waals surface area contributed by atoms with Crippen LogP contribution >= 0.6 is 0 Å². The van der Waals surface area contributed by atoms with Crippen molar-refractivity contribution in [3.05, 3.63) is 0 Å². The first-order chi connectivity index (χ1) is 7.20. The van der Waals surface area contributed by atoms with Gasteiger partial charge in [0.05, 0.1) is 13.2 Å². The van der Waals surface area contributed by atoms with Crippen LogP contribution < -0.4 is 5.32 Å². The predicted molar refractivity (Wildman–Crippen MR) is 62.9 cm³/mol. The Hall–Kier alpha value is -0.570. The molecular weight excluding hydrogens is 190 g/mol. The molecule has 0 fully saturated rings. The summed E-state index contributed by atoms with van der Waals surface area (Å²) in [4.78, 5) is 11.2. The van der Waals surface area contributed by atoms with Crippen molar-refractivity contribution in [2.45, 2.75) is 58.9 Å². The van der Waals surface area contributed by atoms with Gasteiger partial charge in [-0.2, -0.15) is 0 Å². The van der Waals surface area contributed by atoms with E-state index in [-0.39, 0.29) is 5.97 Å². The van der Waals surface area contributed by atoms with Crippen LogP contribution in [-0.4, -0.2) is 25.2 Å². The molecule has 0 aliphatic rings. The maximum Gasteiger partial charge on any atom is 0.319 e. The van der Waals surface area contributed by atoms with E-state index in [0.717, 1.165) is 19.3 Å². The van der Waals surface area contributed by atoms with Crippen LogP contribution in [-0.2, 0) is 9.53 Å². The van der Waals surface area contributed by atoms with Gasteiger partial charge in [-0.3, -0.25) is 4.79 Å². The summed E-state index contributed by atoms with van der Waals surface area (Å²) < 4.78 is 5.08. The summed E-state index contributed by atoms with van der Waals surface area (Å²) in [6, 6.07) is 0.387. The highest BCUT2D eigenvalue weighted by atomic mass is 16.5. The second kappa shape index (κ2) is 9.97. The number of carbonyl (C=O) groups excluding carboxylic acids is 1. The second-order valence-electron chi connectivity index (χ2n) is 3.97. The van der Waals surface area contributed by atoms with Gasteiger partial charge in [0, 0.05) is 6.04 Å². The highest BCUT2D eigenvalue weighted by molar-refractivity contribution is 5.71. The molecule has 0 spiro atoms. The van der Waals surface area contributed by atoms with Gasteiger partial charge in [-0.05, 0) is 19.8 Å². The minimum Gasteiger partial charge on any atom is -0.465 e. The number of unbranched alkanes of at least 4 members (excludes halogenated alkanes) is 3. The molecule has 15 heavy (non-hydrogen) atoms. The number of rotatable bonds is 9. The first kappa shape index (κ1) is 14.4. The van der Waals surface area contributed by atoms with Gasteiger partial charge in [-0.25, -0.2) is 0 Å². The first-order valence-electron chi connectivity index (χ1n) is 6.09. The molecule has 0 aliphatic heterocycles. The number of hydrogen-bond acceptors (Lipinski definition) is 3. The Morgan fingerprint density at radius 1 is 1.27 bits per heavy atom. The fourth-order valence-corrected chi connectivity index (χ4v) is 1.17. The summed E-state index contributed by atoms with van der Waals surface area (Å²) in [5, 5.41) is 3.11. The number of esters is 1. The SMILES string of the molecule is CCCCCCOC(=O)CNC(C)CC. The van der Waals surface area contributed by atoms with Crippen molar-refractivity contribution in [3.8, 4) is 0 Å². The quantitative estimate of drug-likeness (QED) is 0.474. The second-order valence-corrected chi connectivity index (χ2v) is 3.97. The van der Waals surface area contributed by atoms with Gasteiger partial charge in [0.2, 0.25) is 0 Å². The zero-order chi connectivity index (χ0) is 11.5. The van der Waals surface area contributed by atoms with Gasteiger partial charge in [-0.15, -0.1) is 0 Å². The van der Waals surface area contributed by atoms with Gasteiger partial charge < -0.3 is 10.1 Å². The summed E-state index contributed by atoms with van der Waals surface area (Å²) in [5.74, 6) is -0.133. The third-order valence-electron chi connectivity index (χ3n) is 2.47. The zero-order valence-corrected chi connectivity index (χ0v) is 10.3. The molecule has 0 saturated heterocycles. The third-order valence-corrected chi connectivity index (χ3v) is 2.47. The lowest BCUT2D eigenvalue weighted by atomic mass is 10.2. The van der Waals surface area contributed by atoms with Gasteiger partial charge in [0.25, 0.3) is 0 Å². The monoisotopic (exact) mass is 215 g/mol. The standard InChI is InChI=1S/C12H25NO2/c1-4-6-7-8-9-15-12(14)10-13-11(3)5-2/h11,13H,4-10H2,1-3H3. The van der Waals surface area contributed by atoms with Crippen molar-refractivity contribution in [1.29, 1.82) is 0 Å². The summed E-state index contributed by atoms with van der Waals surface area (Å²) in [7, 11) is 0. The van der Waals surface area contributed by atoms with E-state index >= 15 is 0 Å². The highest BCUT2D eigenvalue weighted by Crippen LogP contribution is 1.98. The van der Waals surface area contributed by atoms with Gasteiger partial charge in [0.1, 0.15) is 0 Å². The Labute approximate surface area is 93.6 Å². The molecule has 0 bridgehead atoms.